The fourth-order valence-electron chi connectivity index (χ4n) is 2.35. The van der Waals surface area contributed by atoms with Crippen LogP contribution in [0.25, 0.3) is 11.8 Å². The summed E-state index contributed by atoms with van der Waals surface area (Å²) in [5, 5.41) is 22.2. The Kier molecular flexibility index (Phi) is 6.66. The predicted octanol–water partition coefficient (Wildman–Crippen LogP) is 1.68. The number of halogens is 1. The number of carbonyl (C=O) groups excluding carboxylic acids is 1. The van der Waals surface area contributed by atoms with Crippen molar-refractivity contribution in [3.8, 4) is 11.8 Å². The number of phenolic OH excluding ortho intramolecular Hbond substituents is 1. The van der Waals surface area contributed by atoms with Gasteiger partial charge in [0.2, 0.25) is 0 Å². The molecule has 1 heterocycles. The molecule has 0 spiro atoms. The van der Waals surface area contributed by atoms with E-state index in [0.717, 1.165) is 11.3 Å². The lowest BCUT2D eigenvalue weighted by Gasteiger charge is -2.05. The summed E-state index contributed by atoms with van der Waals surface area (Å²) in [6.45, 7) is 5.52. The van der Waals surface area contributed by atoms with E-state index < -0.39 is 5.97 Å². The van der Waals surface area contributed by atoms with Crippen molar-refractivity contribution in [1.29, 1.82) is 5.26 Å². The molecule has 7 nitrogen and oxygen atoms in total. The quantitative estimate of drug-likeness (QED) is 0.577. The molecule has 2 N–H and O–H groups in total. The number of esters is 1. The topological polar surface area (TPSA) is 104 Å². The van der Waals surface area contributed by atoms with Crippen molar-refractivity contribution in [3.05, 3.63) is 42.3 Å². The molecule has 0 radical (unpaired) electrons. The van der Waals surface area contributed by atoms with Crippen LogP contribution in [0.5, 0.6) is 5.75 Å². The average molecular weight is 408 g/mol. The van der Waals surface area contributed by atoms with Crippen LogP contribution >= 0.6 is 22.9 Å². The highest BCUT2D eigenvalue weighted by Crippen LogP contribution is 2.30. The lowest BCUT2D eigenvalue weighted by molar-refractivity contribution is -0.136. The molecule has 1 aromatic carbocycles. The van der Waals surface area contributed by atoms with Crippen LogP contribution in [0.1, 0.15) is 19.4 Å². The molecule has 0 aliphatic heterocycles. The Bertz CT molecular complexity index is 1070. The van der Waals surface area contributed by atoms with Crippen molar-refractivity contribution in [2.45, 2.75) is 27.3 Å². The van der Waals surface area contributed by atoms with Crippen molar-refractivity contribution in [2.24, 2.45) is 0 Å². The Hall–Kier alpha value is -2.76. The maximum absolute atomic E-state index is 12.6. The van der Waals surface area contributed by atoms with Gasteiger partial charge in [-0.25, -0.2) is 4.79 Å². The Labute approximate surface area is 164 Å². The normalized spacial score (nSPS) is 12.5. The van der Waals surface area contributed by atoms with E-state index in [4.69, 9.17) is 16.3 Å². The molecule has 142 valence electrons. The van der Waals surface area contributed by atoms with E-state index in [1.807, 2.05) is 6.07 Å². The number of nitrogens with zero attached hydrogens (tertiary/aromatic N) is 2. The highest BCUT2D eigenvalue weighted by molar-refractivity contribution is 7.07. The molecule has 0 saturated carbocycles. The second-order valence-electron chi connectivity index (χ2n) is 5.44. The molecule has 0 amide bonds. The minimum Gasteiger partial charge on any atom is -0.506 e. The Morgan fingerprint density at radius 2 is 2.19 bits per heavy atom. The number of hydrogen-bond donors (Lipinski definition) is 2. The van der Waals surface area contributed by atoms with Crippen LogP contribution in [-0.4, -0.2) is 22.2 Å². The van der Waals surface area contributed by atoms with E-state index in [1.165, 1.54) is 16.8 Å². The number of carbonyl (C=O) groups is 1. The van der Waals surface area contributed by atoms with Crippen LogP contribution in [-0.2, 0) is 16.1 Å². The van der Waals surface area contributed by atoms with Gasteiger partial charge in [0.25, 0.3) is 5.56 Å². The van der Waals surface area contributed by atoms with E-state index in [0.29, 0.717) is 22.3 Å². The van der Waals surface area contributed by atoms with Crippen molar-refractivity contribution < 1.29 is 14.6 Å². The third kappa shape index (κ3) is 4.32. The number of anilines is 1. The molecule has 27 heavy (non-hydrogen) atoms. The standard InChI is InChI=1S/C18H18ClN3O4S/c1-4-22-16(24)14(27-17(22)12(8-20)18(25)26-5-2)9-21-11-6-10(3)15(23)13(19)7-11/h6-7,9,21,23H,4-5H2,1-3H3. The van der Waals surface area contributed by atoms with Gasteiger partial charge in [-0.2, -0.15) is 5.26 Å². The number of aromatic nitrogens is 1. The first-order valence-electron chi connectivity index (χ1n) is 8.11. The third-order valence-electron chi connectivity index (χ3n) is 3.65. The minimum atomic E-state index is -0.760. The molecule has 2 rings (SSSR count). The minimum absolute atomic E-state index is 0.00309. The van der Waals surface area contributed by atoms with E-state index in [9.17, 15) is 20.0 Å². The van der Waals surface area contributed by atoms with Gasteiger partial charge < -0.3 is 15.2 Å². The van der Waals surface area contributed by atoms with Crippen molar-refractivity contribution >= 4 is 46.4 Å². The number of thiazole rings is 1. The number of aryl methyl sites for hydroxylation is 1. The lowest BCUT2D eigenvalue weighted by Crippen LogP contribution is -2.32. The summed E-state index contributed by atoms with van der Waals surface area (Å²) >= 11 is 6.97. The van der Waals surface area contributed by atoms with Gasteiger partial charge in [-0.1, -0.05) is 11.6 Å². The highest BCUT2D eigenvalue weighted by atomic mass is 35.5. The Morgan fingerprint density at radius 1 is 1.48 bits per heavy atom. The van der Waals surface area contributed by atoms with Gasteiger partial charge in [0.1, 0.15) is 21.0 Å². The summed E-state index contributed by atoms with van der Waals surface area (Å²) in [7, 11) is 0. The number of rotatable bonds is 5. The molecule has 0 aliphatic rings. The largest absolute Gasteiger partial charge is 0.506 e. The summed E-state index contributed by atoms with van der Waals surface area (Å²) < 4.78 is 6.80. The smallest absolute Gasteiger partial charge is 0.351 e. The van der Waals surface area contributed by atoms with Crippen LogP contribution in [0.15, 0.2) is 16.9 Å². The maximum Gasteiger partial charge on any atom is 0.351 e. The van der Waals surface area contributed by atoms with Crippen molar-refractivity contribution in [1.82, 2.24) is 4.57 Å². The zero-order valence-corrected chi connectivity index (χ0v) is 16.6. The van der Waals surface area contributed by atoms with Gasteiger partial charge in [0.15, 0.2) is 5.57 Å². The number of nitrogens with one attached hydrogen (secondary N) is 1. The molecule has 0 aliphatic carbocycles. The molecular formula is C18H18ClN3O4S. The first-order valence-corrected chi connectivity index (χ1v) is 9.30. The van der Waals surface area contributed by atoms with E-state index in [-0.39, 0.29) is 33.2 Å². The zero-order chi connectivity index (χ0) is 20.1. The van der Waals surface area contributed by atoms with Gasteiger partial charge in [-0.15, -0.1) is 11.3 Å². The van der Waals surface area contributed by atoms with Crippen LogP contribution in [0, 0.1) is 18.3 Å². The van der Waals surface area contributed by atoms with Gasteiger partial charge in [0.05, 0.1) is 11.6 Å². The molecule has 0 bridgehead atoms. The van der Waals surface area contributed by atoms with Crippen LogP contribution in [0.2, 0.25) is 5.02 Å². The molecule has 1 aromatic heterocycles. The first-order chi connectivity index (χ1) is 12.8. The summed E-state index contributed by atoms with van der Waals surface area (Å²) in [5.41, 5.74) is 0.633. The summed E-state index contributed by atoms with van der Waals surface area (Å²) in [4.78, 5) is 24.6. The number of aromatic hydroxyl groups is 1. The maximum atomic E-state index is 12.6. The molecule has 0 fully saturated rings. The molecule has 2 aromatic rings. The van der Waals surface area contributed by atoms with Crippen LogP contribution in [0.3, 0.4) is 0 Å². The van der Waals surface area contributed by atoms with E-state index in [1.54, 1.807) is 26.8 Å². The average Bonchev–Trinajstić information content (AvgIpc) is 2.94. The summed E-state index contributed by atoms with van der Waals surface area (Å²) in [6.07, 6.45) is 1.48. The SMILES string of the molecule is CCOC(=O)C(C#N)=c1sc(=CNc2cc(C)c(O)c(Cl)c2)c(=O)n1CC. The fourth-order valence-corrected chi connectivity index (χ4v) is 3.69. The number of phenols is 1. The second-order valence-corrected chi connectivity index (χ2v) is 6.88. The highest BCUT2D eigenvalue weighted by Gasteiger charge is 2.16. The van der Waals surface area contributed by atoms with Gasteiger partial charge in [0, 0.05) is 18.4 Å². The predicted molar refractivity (Wildman–Crippen MR) is 105 cm³/mol. The fraction of sp³-hybridized carbons (Fsp3) is 0.278. The van der Waals surface area contributed by atoms with Crippen LogP contribution < -0.4 is 20.1 Å². The molecule has 0 unspecified atom stereocenters. The number of nitriles is 1. The zero-order valence-electron chi connectivity index (χ0n) is 15.0. The van der Waals surface area contributed by atoms with E-state index >= 15 is 0 Å². The monoisotopic (exact) mass is 407 g/mol. The van der Waals surface area contributed by atoms with E-state index in [2.05, 4.69) is 5.32 Å². The first kappa shape index (κ1) is 20.6. The molecule has 0 atom stereocenters. The Balaban J connectivity index is 2.59. The lowest BCUT2D eigenvalue weighted by atomic mass is 10.2. The second kappa shape index (κ2) is 8.75. The summed E-state index contributed by atoms with van der Waals surface area (Å²) in [5.74, 6) is -0.763. The Morgan fingerprint density at radius 3 is 2.74 bits per heavy atom. The third-order valence-corrected chi connectivity index (χ3v) is 5.07. The van der Waals surface area contributed by atoms with Crippen molar-refractivity contribution in [2.75, 3.05) is 11.9 Å². The molecule has 0 saturated heterocycles. The van der Waals surface area contributed by atoms with Gasteiger partial charge >= 0.3 is 5.97 Å². The van der Waals surface area contributed by atoms with Gasteiger partial charge in [-0.3, -0.25) is 9.36 Å². The summed E-state index contributed by atoms with van der Waals surface area (Å²) in [6, 6.07) is 5.03. The molecule has 9 heteroatoms. The molecular weight excluding hydrogens is 390 g/mol. The van der Waals surface area contributed by atoms with Crippen molar-refractivity contribution in [3.63, 3.8) is 0 Å². The number of ether oxygens (including phenoxy) is 1. The van der Waals surface area contributed by atoms with Crippen LogP contribution in [0.4, 0.5) is 5.69 Å². The number of hydrogen-bond acceptors (Lipinski definition) is 7. The number of benzene rings is 1. The van der Waals surface area contributed by atoms with Gasteiger partial charge in [-0.05, 0) is 38.5 Å².